The largest absolute Gasteiger partial charge is 0.378 e. The Kier molecular flexibility index (Phi) is 6.97. The lowest BCUT2D eigenvalue weighted by molar-refractivity contribution is 0.0951. The highest BCUT2D eigenvalue weighted by atomic mass is 32.2. The smallest absolute Gasteiger partial charge is 0.253 e. The van der Waals surface area contributed by atoms with E-state index in [1.807, 2.05) is 73.6 Å². The molecule has 1 N–H and O–H groups in total. The summed E-state index contributed by atoms with van der Waals surface area (Å²) in [4.78, 5) is 15.0. The molecule has 3 rings (SSSR count). The van der Waals surface area contributed by atoms with Crippen LogP contribution in [0.2, 0.25) is 0 Å². The highest BCUT2D eigenvalue weighted by Crippen LogP contribution is 2.25. The van der Waals surface area contributed by atoms with E-state index in [1.54, 1.807) is 24.3 Å². The first-order chi connectivity index (χ1) is 14.8. The van der Waals surface area contributed by atoms with Crippen LogP contribution in [0.4, 0.5) is 11.4 Å². The van der Waals surface area contributed by atoms with Crippen molar-refractivity contribution in [3.8, 4) is 0 Å². The van der Waals surface area contributed by atoms with Gasteiger partial charge in [0.2, 0.25) is 10.0 Å². The number of carbonyl (C=O) groups is 1. The van der Waals surface area contributed by atoms with E-state index in [4.69, 9.17) is 0 Å². The fraction of sp³-hybridized carbons (Fsp3) is 0.208. The van der Waals surface area contributed by atoms with Crippen molar-refractivity contribution in [3.05, 3.63) is 95.6 Å². The summed E-state index contributed by atoms with van der Waals surface area (Å²) in [6, 6.07) is 24.0. The van der Waals surface area contributed by atoms with E-state index in [9.17, 15) is 13.2 Å². The molecule has 0 saturated carbocycles. The van der Waals surface area contributed by atoms with Crippen LogP contribution in [0.1, 0.15) is 21.5 Å². The molecule has 0 atom stereocenters. The van der Waals surface area contributed by atoms with Crippen molar-refractivity contribution in [2.75, 3.05) is 29.6 Å². The minimum Gasteiger partial charge on any atom is -0.378 e. The normalized spacial score (nSPS) is 11.1. The van der Waals surface area contributed by atoms with Crippen LogP contribution in [0.25, 0.3) is 0 Å². The number of rotatable bonds is 8. The second-order valence-electron chi connectivity index (χ2n) is 7.52. The van der Waals surface area contributed by atoms with Crippen LogP contribution >= 0.6 is 0 Å². The van der Waals surface area contributed by atoms with Crippen molar-refractivity contribution in [1.82, 2.24) is 5.32 Å². The van der Waals surface area contributed by atoms with E-state index in [2.05, 4.69) is 5.32 Å². The van der Waals surface area contributed by atoms with Gasteiger partial charge in [0.25, 0.3) is 5.91 Å². The third-order valence-electron chi connectivity index (χ3n) is 4.89. The second kappa shape index (κ2) is 9.66. The van der Waals surface area contributed by atoms with Crippen LogP contribution in [0, 0.1) is 0 Å². The van der Waals surface area contributed by atoms with Crippen molar-refractivity contribution >= 4 is 27.3 Å². The molecule has 0 aliphatic rings. The Labute approximate surface area is 184 Å². The average Bonchev–Trinajstić information content (AvgIpc) is 2.76. The highest BCUT2D eigenvalue weighted by Gasteiger charge is 2.23. The molecule has 0 saturated heterocycles. The fourth-order valence-corrected chi connectivity index (χ4v) is 4.10. The van der Waals surface area contributed by atoms with Gasteiger partial charge in [0, 0.05) is 26.3 Å². The molecule has 31 heavy (non-hydrogen) atoms. The van der Waals surface area contributed by atoms with Crippen LogP contribution in [0.5, 0.6) is 0 Å². The highest BCUT2D eigenvalue weighted by molar-refractivity contribution is 7.92. The van der Waals surface area contributed by atoms with Crippen LogP contribution < -0.4 is 14.5 Å². The monoisotopic (exact) mass is 437 g/mol. The van der Waals surface area contributed by atoms with Gasteiger partial charge in [0.1, 0.15) is 0 Å². The predicted molar refractivity (Wildman–Crippen MR) is 126 cm³/mol. The van der Waals surface area contributed by atoms with E-state index in [-0.39, 0.29) is 12.5 Å². The van der Waals surface area contributed by atoms with E-state index in [0.717, 1.165) is 23.1 Å². The molecular formula is C24H27N3O3S. The number of sulfonamides is 1. The summed E-state index contributed by atoms with van der Waals surface area (Å²) in [6.45, 7) is 0.494. The van der Waals surface area contributed by atoms with Crippen molar-refractivity contribution in [2.24, 2.45) is 0 Å². The molecule has 3 aromatic rings. The SMILES string of the molecule is CN(C)c1ccc(CNC(=O)c2ccccc2N(Cc2ccccc2)S(C)(=O)=O)cc1. The number of amides is 1. The zero-order chi connectivity index (χ0) is 22.4. The van der Waals surface area contributed by atoms with Gasteiger partial charge < -0.3 is 10.2 Å². The molecule has 0 heterocycles. The molecule has 1 amide bonds. The Morgan fingerprint density at radius 3 is 2.06 bits per heavy atom. The lowest BCUT2D eigenvalue weighted by Crippen LogP contribution is -2.32. The van der Waals surface area contributed by atoms with E-state index in [1.165, 1.54) is 4.31 Å². The fourth-order valence-electron chi connectivity index (χ4n) is 3.20. The van der Waals surface area contributed by atoms with Gasteiger partial charge in [-0.3, -0.25) is 9.10 Å². The number of para-hydroxylation sites is 1. The molecule has 0 aliphatic heterocycles. The quantitative estimate of drug-likeness (QED) is 0.584. The topological polar surface area (TPSA) is 69.7 Å². The minimum absolute atomic E-state index is 0.149. The molecule has 0 spiro atoms. The average molecular weight is 438 g/mol. The van der Waals surface area contributed by atoms with Crippen LogP contribution in [-0.4, -0.2) is 34.7 Å². The molecule has 0 unspecified atom stereocenters. The molecule has 7 heteroatoms. The summed E-state index contributed by atoms with van der Waals surface area (Å²) in [5.74, 6) is -0.325. The predicted octanol–water partition coefficient (Wildman–Crippen LogP) is 3.65. The molecule has 162 valence electrons. The summed E-state index contributed by atoms with van der Waals surface area (Å²) in [6.07, 6.45) is 1.15. The van der Waals surface area contributed by atoms with Crippen molar-refractivity contribution in [3.63, 3.8) is 0 Å². The number of nitrogens with one attached hydrogen (secondary N) is 1. The van der Waals surface area contributed by atoms with Crippen LogP contribution in [0.3, 0.4) is 0 Å². The lowest BCUT2D eigenvalue weighted by Gasteiger charge is -2.24. The second-order valence-corrected chi connectivity index (χ2v) is 9.42. The summed E-state index contributed by atoms with van der Waals surface area (Å²) in [5.41, 5.74) is 3.54. The third-order valence-corrected chi connectivity index (χ3v) is 6.02. The zero-order valence-corrected chi connectivity index (χ0v) is 18.8. The summed E-state index contributed by atoms with van der Waals surface area (Å²) >= 11 is 0. The molecule has 0 aromatic heterocycles. The van der Waals surface area contributed by atoms with Crippen molar-refractivity contribution < 1.29 is 13.2 Å². The molecule has 0 radical (unpaired) electrons. The number of hydrogen-bond acceptors (Lipinski definition) is 4. The Balaban J connectivity index is 1.82. The Hall–Kier alpha value is -3.32. The number of nitrogens with zero attached hydrogens (tertiary/aromatic N) is 2. The van der Waals surface area contributed by atoms with Crippen LogP contribution in [0.15, 0.2) is 78.9 Å². The standard InChI is InChI=1S/C24H27N3O3S/c1-26(2)21-15-13-19(14-16-21)17-25-24(28)22-11-7-8-12-23(22)27(31(3,29)30)18-20-9-5-4-6-10-20/h4-16H,17-18H2,1-3H3,(H,25,28). The van der Waals surface area contributed by atoms with Gasteiger partial charge in [-0.25, -0.2) is 8.42 Å². The first-order valence-electron chi connectivity index (χ1n) is 9.91. The lowest BCUT2D eigenvalue weighted by atomic mass is 10.1. The van der Waals surface area contributed by atoms with Crippen LogP contribution in [-0.2, 0) is 23.1 Å². The number of anilines is 2. The maximum absolute atomic E-state index is 13.0. The minimum atomic E-state index is -3.60. The summed E-state index contributed by atoms with van der Waals surface area (Å²) in [5, 5.41) is 2.90. The van der Waals surface area contributed by atoms with Gasteiger partial charge in [-0.1, -0.05) is 54.6 Å². The Bertz CT molecular complexity index is 1130. The van der Waals surface area contributed by atoms with Gasteiger partial charge in [0.15, 0.2) is 0 Å². The number of hydrogen-bond donors (Lipinski definition) is 1. The molecule has 6 nitrogen and oxygen atoms in total. The van der Waals surface area contributed by atoms with Gasteiger partial charge in [0.05, 0.1) is 24.1 Å². The molecular weight excluding hydrogens is 410 g/mol. The van der Waals surface area contributed by atoms with E-state index in [0.29, 0.717) is 17.8 Å². The Morgan fingerprint density at radius 1 is 0.839 bits per heavy atom. The van der Waals surface area contributed by atoms with Crippen molar-refractivity contribution in [1.29, 1.82) is 0 Å². The van der Waals surface area contributed by atoms with Gasteiger partial charge >= 0.3 is 0 Å². The maximum Gasteiger partial charge on any atom is 0.253 e. The van der Waals surface area contributed by atoms with E-state index >= 15 is 0 Å². The van der Waals surface area contributed by atoms with Gasteiger partial charge in [-0.15, -0.1) is 0 Å². The molecule has 0 aliphatic carbocycles. The van der Waals surface area contributed by atoms with Gasteiger partial charge in [-0.2, -0.15) is 0 Å². The summed E-state index contributed by atoms with van der Waals surface area (Å²) < 4.78 is 26.4. The first kappa shape index (κ1) is 22.4. The van der Waals surface area contributed by atoms with Crippen molar-refractivity contribution in [2.45, 2.75) is 13.1 Å². The summed E-state index contributed by atoms with van der Waals surface area (Å²) in [7, 11) is 0.334. The Morgan fingerprint density at radius 2 is 1.45 bits per heavy atom. The van der Waals surface area contributed by atoms with Gasteiger partial charge in [-0.05, 0) is 35.4 Å². The zero-order valence-electron chi connectivity index (χ0n) is 17.9. The number of carbonyl (C=O) groups excluding carboxylic acids is 1. The maximum atomic E-state index is 13.0. The molecule has 0 fully saturated rings. The third kappa shape index (κ3) is 5.86. The molecule has 3 aromatic carbocycles. The van der Waals surface area contributed by atoms with E-state index < -0.39 is 10.0 Å². The first-order valence-corrected chi connectivity index (χ1v) is 11.8. The molecule has 0 bridgehead atoms. The number of benzene rings is 3.